The summed E-state index contributed by atoms with van der Waals surface area (Å²) in [6.07, 6.45) is 1.26. The summed E-state index contributed by atoms with van der Waals surface area (Å²) in [6, 6.07) is 6.73. The maximum atomic E-state index is 12.8. The third kappa shape index (κ3) is 6.25. The van der Waals surface area contributed by atoms with Crippen molar-refractivity contribution in [3.05, 3.63) is 35.4 Å². The van der Waals surface area contributed by atoms with Crippen molar-refractivity contribution in [1.29, 1.82) is 0 Å². The third-order valence-electron chi connectivity index (χ3n) is 5.00. The zero-order chi connectivity index (χ0) is 20.7. The molecule has 0 aromatic heterocycles. The number of carbonyl (C=O) groups is 3. The summed E-state index contributed by atoms with van der Waals surface area (Å²) in [5.41, 5.74) is 1.74. The highest BCUT2D eigenvalue weighted by Gasteiger charge is 2.30. The Labute approximate surface area is 166 Å². The van der Waals surface area contributed by atoms with Crippen LogP contribution in [0.5, 0.6) is 0 Å². The van der Waals surface area contributed by atoms with Gasteiger partial charge in [0.25, 0.3) is 0 Å². The highest BCUT2D eigenvalue weighted by Crippen LogP contribution is 2.23. The topological polar surface area (TPSA) is 98.7 Å². The third-order valence-corrected chi connectivity index (χ3v) is 5.00. The first-order chi connectivity index (χ1) is 13.3. The Morgan fingerprint density at radius 3 is 2.61 bits per heavy atom. The van der Waals surface area contributed by atoms with Gasteiger partial charge in [0.15, 0.2) is 0 Å². The van der Waals surface area contributed by atoms with E-state index in [0.717, 1.165) is 17.5 Å². The van der Waals surface area contributed by atoms with Gasteiger partial charge in [-0.2, -0.15) is 0 Å². The molecule has 2 atom stereocenters. The number of carboxylic acid groups (broad SMARTS) is 1. The van der Waals surface area contributed by atoms with Crippen LogP contribution in [0.1, 0.15) is 50.3 Å². The summed E-state index contributed by atoms with van der Waals surface area (Å²) in [4.78, 5) is 38.1. The maximum Gasteiger partial charge on any atom is 0.317 e. The molecular weight excluding hydrogens is 358 g/mol. The van der Waals surface area contributed by atoms with E-state index in [9.17, 15) is 19.5 Å². The van der Waals surface area contributed by atoms with Crippen LogP contribution < -0.4 is 10.6 Å². The molecule has 7 heteroatoms. The Bertz CT molecular complexity index is 705. The number of aliphatic carboxylic acids is 1. The van der Waals surface area contributed by atoms with Crippen molar-refractivity contribution in [3.63, 3.8) is 0 Å². The minimum absolute atomic E-state index is 0.146. The van der Waals surface area contributed by atoms with Gasteiger partial charge in [0.2, 0.25) is 5.91 Å². The van der Waals surface area contributed by atoms with E-state index in [2.05, 4.69) is 10.6 Å². The Balaban J connectivity index is 2.03. The molecule has 1 aliphatic rings. The Morgan fingerprint density at radius 2 is 1.96 bits per heavy atom. The Morgan fingerprint density at radius 1 is 1.25 bits per heavy atom. The summed E-state index contributed by atoms with van der Waals surface area (Å²) < 4.78 is 0. The van der Waals surface area contributed by atoms with Gasteiger partial charge in [-0.1, -0.05) is 38.1 Å². The first-order valence-corrected chi connectivity index (χ1v) is 9.88. The Hall–Kier alpha value is -2.57. The molecule has 0 saturated carbocycles. The predicted octanol–water partition coefficient (Wildman–Crippen LogP) is 2.70. The quantitative estimate of drug-likeness (QED) is 0.668. The number of nitrogens with one attached hydrogen (secondary N) is 2. The van der Waals surface area contributed by atoms with Crippen molar-refractivity contribution in [2.45, 2.75) is 46.1 Å². The molecule has 7 nitrogen and oxygen atoms in total. The summed E-state index contributed by atoms with van der Waals surface area (Å²) in [7, 11) is 0. The zero-order valence-electron chi connectivity index (χ0n) is 16.9. The van der Waals surface area contributed by atoms with E-state index in [-0.39, 0.29) is 24.3 Å². The highest BCUT2D eigenvalue weighted by atomic mass is 16.4. The van der Waals surface area contributed by atoms with Gasteiger partial charge >= 0.3 is 12.0 Å². The van der Waals surface area contributed by atoms with E-state index in [1.165, 1.54) is 0 Å². The molecule has 1 heterocycles. The minimum Gasteiger partial charge on any atom is -0.481 e. The van der Waals surface area contributed by atoms with Crippen molar-refractivity contribution < 1.29 is 19.5 Å². The number of carbonyl (C=O) groups excluding carboxylic acids is 2. The summed E-state index contributed by atoms with van der Waals surface area (Å²) >= 11 is 0. The van der Waals surface area contributed by atoms with Crippen molar-refractivity contribution in [2.24, 2.45) is 11.8 Å². The standard InChI is InChI=1S/C21H31N3O4/c1-14(2)12-22-21(28)24-10-6-8-16(13-24)20(27)23-18(11-19(25)26)17-9-5-4-7-15(17)3/h4-5,7,9,14,16,18H,6,8,10-13H2,1-3H3,(H,22,28)(H,23,27)(H,25,26). The summed E-state index contributed by atoms with van der Waals surface area (Å²) in [5.74, 6) is -1.14. The molecule has 3 N–H and O–H groups in total. The van der Waals surface area contributed by atoms with Gasteiger partial charge in [-0.15, -0.1) is 0 Å². The van der Waals surface area contributed by atoms with Crippen LogP contribution >= 0.6 is 0 Å². The second-order valence-electron chi connectivity index (χ2n) is 7.88. The molecule has 0 spiro atoms. The second-order valence-corrected chi connectivity index (χ2v) is 7.88. The summed E-state index contributed by atoms with van der Waals surface area (Å²) in [5, 5.41) is 15.1. The molecular formula is C21H31N3O4. The zero-order valence-corrected chi connectivity index (χ0v) is 16.9. The van der Waals surface area contributed by atoms with Crippen molar-refractivity contribution in [3.8, 4) is 0 Å². The van der Waals surface area contributed by atoms with Gasteiger partial charge in [-0.05, 0) is 36.8 Å². The van der Waals surface area contributed by atoms with Gasteiger partial charge < -0.3 is 20.6 Å². The lowest BCUT2D eigenvalue weighted by atomic mass is 9.94. The number of likely N-dealkylation sites (tertiary alicyclic amines) is 1. The number of hydrogen-bond donors (Lipinski definition) is 3. The van der Waals surface area contributed by atoms with Gasteiger partial charge in [0.05, 0.1) is 18.4 Å². The number of urea groups is 1. The molecule has 2 rings (SSSR count). The minimum atomic E-state index is -0.966. The average Bonchev–Trinajstić information content (AvgIpc) is 2.65. The molecule has 2 unspecified atom stereocenters. The van der Waals surface area contributed by atoms with E-state index in [1.54, 1.807) is 4.90 Å². The highest BCUT2D eigenvalue weighted by molar-refractivity contribution is 5.82. The second kappa shape index (κ2) is 10.1. The van der Waals surface area contributed by atoms with Gasteiger partial charge in [-0.3, -0.25) is 9.59 Å². The lowest BCUT2D eigenvalue weighted by Crippen LogP contribution is -2.49. The molecule has 1 aliphatic heterocycles. The lowest BCUT2D eigenvalue weighted by molar-refractivity contribution is -0.138. The number of rotatable bonds is 7. The smallest absolute Gasteiger partial charge is 0.317 e. The van der Waals surface area contributed by atoms with E-state index >= 15 is 0 Å². The first kappa shape index (κ1) is 21.7. The monoisotopic (exact) mass is 389 g/mol. The lowest BCUT2D eigenvalue weighted by Gasteiger charge is -2.33. The van der Waals surface area contributed by atoms with Crippen LogP contribution in [0.15, 0.2) is 24.3 Å². The van der Waals surface area contributed by atoms with Crippen LogP contribution in [-0.4, -0.2) is 47.5 Å². The van der Waals surface area contributed by atoms with E-state index < -0.39 is 12.0 Å². The number of benzene rings is 1. The normalized spacial score (nSPS) is 17.9. The Kier molecular flexibility index (Phi) is 7.84. The number of nitrogens with zero attached hydrogens (tertiary/aromatic N) is 1. The number of carboxylic acids is 1. The van der Waals surface area contributed by atoms with E-state index in [4.69, 9.17) is 0 Å². The average molecular weight is 389 g/mol. The van der Waals surface area contributed by atoms with Crippen molar-refractivity contribution >= 4 is 17.9 Å². The fourth-order valence-corrected chi connectivity index (χ4v) is 3.46. The number of piperidine rings is 1. The van der Waals surface area contributed by atoms with Crippen LogP contribution in [0.3, 0.4) is 0 Å². The molecule has 0 radical (unpaired) electrons. The molecule has 1 fully saturated rings. The molecule has 0 bridgehead atoms. The number of hydrogen-bond acceptors (Lipinski definition) is 3. The van der Waals surface area contributed by atoms with Crippen LogP contribution in [0.2, 0.25) is 0 Å². The molecule has 28 heavy (non-hydrogen) atoms. The van der Waals surface area contributed by atoms with Gasteiger partial charge in [-0.25, -0.2) is 4.79 Å². The molecule has 1 aromatic rings. The SMILES string of the molecule is Cc1ccccc1C(CC(=O)O)NC(=O)C1CCCN(C(=O)NCC(C)C)C1. The van der Waals surface area contributed by atoms with Crippen LogP contribution in [0.25, 0.3) is 0 Å². The molecule has 1 aromatic carbocycles. The predicted molar refractivity (Wildman–Crippen MR) is 107 cm³/mol. The fourth-order valence-electron chi connectivity index (χ4n) is 3.46. The largest absolute Gasteiger partial charge is 0.481 e. The van der Waals surface area contributed by atoms with Crippen LogP contribution in [0, 0.1) is 18.8 Å². The van der Waals surface area contributed by atoms with Crippen LogP contribution in [-0.2, 0) is 9.59 Å². The van der Waals surface area contributed by atoms with Gasteiger partial charge in [0, 0.05) is 19.6 Å². The summed E-state index contributed by atoms with van der Waals surface area (Å²) in [6.45, 7) is 7.53. The van der Waals surface area contributed by atoms with Crippen LogP contribution in [0.4, 0.5) is 4.79 Å². The maximum absolute atomic E-state index is 12.8. The van der Waals surface area contributed by atoms with Crippen molar-refractivity contribution in [2.75, 3.05) is 19.6 Å². The molecule has 3 amide bonds. The number of amides is 3. The molecule has 154 valence electrons. The van der Waals surface area contributed by atoms with E-state index in [0.29, 0.717) is 32.0 Å². The van der Waals surface area contributed by atoms with E-state index in [1.807, 2.05) is 45.0 Å². The van der Waals surface area contributed by atoms with Gasteiger partial charge in [0.1, 0.15) is 0 Å². The van der Waals surface area contributed by atoms with Crippen molar-refractivity contribution in [1.82, 2.24) is 15.5 Å². The fraction of sp³-hybridized carbons (Fsp3) is 0.571. The molecule has 1 saturated heterocycles. The number of aryl methyl sites for hydroxylation is 1. The first-order valence-electron chi connectivity index (χ1n) is 9.88. The molecule has 0 aliphatic carbocycles.